The van der Waals surface area contributed by atoms with Gasteiger partial charge >= 0.3 is 0 Å². The lowest BCUT2D eigenvalue weighted by Crippen LogP contribution is -2.69. The Bertz CT molecular complexity index is 813. The molecule has 27 heavy (non-hydrogen) atoms. The van der Waals surface area contributed by atoms with Crippen molar-refractivity contribution in [3.63, 3.8) is 0 Å². The molecule has 0 saturated carbocycles. The van der Waals surface area contributed by atoms with Crippen molar-refractivity contribution < 1.29 is 19.0 Å². The van der Waals surface area contributed by atoms with Gasteiger partial charge in [-0.25, -0.2) is 4.98 Å². The third-order valence-corrected chi connectivity index (χ3v) is 5.47. The maximum Gasteiger partial charge on any atom is 0.264 e. The molecule has 2 saturated heterocycles. The first-order valence-electron chi connectivity index (χ1n) is 9.31. The van der Waals surface area contributed by atoms with Gasteiger partial charge in [0.1, 0.15) is 17.5 Å². The molecule has 0 unspecified atom stereocenters. The van der Waals surface area contributed by atoms with Gasteiger partial charge in [-0.2, -0.15) is 0 Å². The Morgan fingerprint density at radius 1 is 1.26 bits per heavy atom. The molecule has 7 nitrogen and oxygen atoms in total. The number of para-hydroxylation sites is 1. The highest BCUT2D eigenvalue weighted by Crippen LogP contribution is 2.37. The standard InChI is InChI=1S/C20H21N3O4/c24-19(17-9-14-3-1-2-4-16(14)27-17)23-12-20(13-23)10-15(5-8-25-20)26-18-11-21-6-7-22-18/h1-4,6-7,11,15,17H,5,8-10,12-13H2/t15-,17+/m0/s1. The second kappa shape index (κ2) is 6.49. The van der Waals surface area contributed by atoms with Crippen LogP contribution in [-0.2, 0) is 16.0 Å². The topological polar surface area (TPSA) is 73.8 Å². The van der Waals surface area contributed by atoms with E-state index in [0.717, 1.165) is 24.2 Å². The number of aromatic nitrogens is 2. The summed E-state index contributed by atoms with van der Waals surface area (Å²) in [6.07, 6.45) is 6.66. The minimum absolute atomic E-state index is 0.0275. The fourth-order valence-corrected chi connectivity index (χ4v) is 4.15. The number of rotatable bonds is 3. The molecule has 1 aromatic carbocycles. The molecule has 7 heteroatoms. The number of nitrogens with zero attached hydrogens (tertiary/aromatic N) is 3. The molecule has 5 rings (SSSR count). The molecule has 0 N–H and O–H groups in total. The van der Waals surface area contributed by atoms with E-state index < -0.39 is 6.10 Å². The lowest BCUT2D eigenvalue weighted by molar-refractivity contribution is -0.196. The number of likely N-dealkylation sites (tertiary alicyclic amines) is 1. The van der Waals surface area contributed by atoms with Crippen LogP contribution in [0.1, 0.15) is 18.4 Å². The van der Waals surface area contributed by atoms with Crippen molar-refractivity contribution in [3.05, 3.63) is 48.4 Å². The number of fused-ring (bicyclic) bond motifs is 1. The summed E-state index contributed by atoms with van der Waals surface area (Å²) in [5.41, 5.74) is 0.782. The van der Waals surface area contributed by atoms with Crippen molar-refractivity contribution in [1.82, 2.24) is 14.9 Å². The number of hydrogen-bond acceptors (Lipinski definition) is 6. The van der Waals surface area contributed by atoms with E-state index >= 15 is 0 Å². The summed E-state index contributed by atoms with van der Waals surface area (Å²) in [5.74, 6) is 1.39. The van der Waals surface area contributed by atoms with Gasteiger partial charge in [0.05, 0.1) is 25.9 Å². The normalized spacial score (nSPS) is 25.4. The largest absolute Gasteiger partial charge is 0.480 e. The highest BCUT2D eigenvalue weighted by atomic mass is 16.5. The van der Waals surface area contributed by atoms with E-state index in [1.54, 1.807) is 18.6 Å². The fraction of sp³-hybridized carbons (Fsp3) is 0.450. The molecule has 140 valence electrons. The van der Waals surface area contributed by atoms with E-state index in [4.69, 9.17) is 14.2 Å². The number of carbonyl (C=O) groups is 1. The Morgan fingerprint density at radius 3 is 2.96 bits per heavy atom. The molecule has 3 aliphatic rings. The highest BCUT2D eigenvalue weighted by molar-refractivity contribution is 5.83. The van der Waals surface area contributed by atoms with Crippen molar-refractivity contribution in [2.45, 2.75) is 37.1 Å². The van der Waals surface area contributed by atoms with Gasteiger partial charge in [-0.3, -0.25) is 9.78 Å². The zero-order valence-corrected chi connectivity index (χ0v) is 14.9. The number of hydrogen-bond donors (Lipinski definition) is 0. The van der Waals surface area contributed by atoms with Crippen molar-refractivity contribution in [2.75, 3.05) is 19.7 Å². The second-order valence-corrected chi connectivity index (χ2v) is 7.42. The van der Waals surface area contributed by atoms with Crippen LogP contribution in [0.5, 0.6) is 11.6 Å². The summed E-state index contributed by atoms with van der Waals surface area (Å²) >= 11 is 0. The van der Waals surface area contributed by atoms with Crippen LogP contribution in [0.3, 0.4) is 0 Å². The van der Waals surface area contributed by atoms with Gasteiger partial charge in [0.25, 0.3) is 5.91 Å². The van der Waals surface area contributed by atoms with Crippen LogP contribution < -0.4 is 9.47 Å². The molecule has 2 fully saturated rings. The lowest BCUT2D eigenvalue weighted by Gasteiger charge is -2.53. The predicted octanol–water partition coefficient (Wildman–Crippen LogP) is 1.62. The van der Waals surface area contributed by atoms with Crippen LogP contribution in [0.25, 0.3) is 0 Å². The first kappa shape index (κ1) is 16.5. The second-order valence-electron chi connectivity index (χ2n) is 7.42. The number of benzene rings is 1. The van der Waals surface area contributed by atoms with Gasteiger partial charge in [-0.05, 0) is 11.6 Å². The Kier molecular flexibility index (Phi) is 3.97. The summed E-state index contributed by atoms with van der Waals surface area (Å²) in [6, 6.07) is 7.83. The Hall–Kier alpha value is -2.67. The van der Waals surface area contributed by atoms with E-state index in [1.807, 2.05) is 29.2 Å². The minimum atomic E-state index is -0.421. The van der Waals surface area contributed by atoms with E-state index in [0.29, 0.717) is 32.0 Å². The van der Waals surface area contributed by atoms with Gasteiger partial charge in [0.2, 0.25) is 5.88 Å². The van der Waals surface area contributed by atoms with E-state index in [9.17, 15) is 4.79 Å². The first-order chi connectivity index (χ1) is 13.2. The fourth-order valence-electron chi connectivity index (χ4n) is 4.15. The zero-order chi connectivity index (χ0) is 18.3. The molecule has 2 atom stereocenters. The first-order valence-corrected chi connectivity index (χ1v) is 9.31. The molecule has 1 spiro atoms. The number of amides is 1. The summed E-state index contributed by atoms with van der Waals surface area (Å²) in [6.45, 7) is 1.79. The third kappa shape index (κ3) is 3.12. The van der Waals surface area contributed by atoms with Crippen molar-refractivity contribution in [1.29, 1.82) is 0 Å². The number of carbonyl (C=O) groups excluding carboxylic acids is 1. The molecule has 0 bridgehead atoms. The summed E-state index contributed by atoms with van der Waals surface area (Å²) < 4.78 is 17.8. The molecule has 0 aliphatic carbocycles. The molecule has 1 amide bonds. The smallest absolute Gasteiger partial charge is 0.264 e. The lowest BCUT2D eigenvalue weighted by atomic mass is 9.84. The molecular formula is C20H21N3O4. The van der Waals surface area contributed by atoms with Gasteiger partial charge in [0.15, 0.2) is 6.10 Å². The molecule has 1 aromatic heterocycles. The van der Waals surface area contributed by atoms with Gasteiger partial charge < -0.3 is 19.1 Å². The molecule has 2 aromatic rings. The van der Waals surface area contributed by atoms with E-state index in [2.05, 4.69) is 9.97 Å². The Balaban J connectivity index is 1.18. The molecule has 0 radical (unpaired) electrons. The predicted molar refractivity (Wildman–Crippen MR) is 95.5 cm³/mol. The summed E-state index contributed by atoms with van der Waals surface area (Å²) in [5, 5.41) is 0. The molecular weight excluding hydrogens is 346 g/mol. The number of ether oxygens (including phenoxy) is 3. The van der Waals surface area contributed by atoms with Crippen molar-refractivity contribution in [2.24, 2.45) is 0 Å². The quantitative estimate of drug-likeness (QED) is 0.821. The highest BCUT2D eigenvalue weighted by Gasteiger charge is 2.51. The van der Waals surface area contributed by atoms with Gasteiger partial charge in [0, 0.05) is 31.7 Å². The SMILES string of the molecule is O=C([C@H]1Cc2ccccc2O1)N1CC2(C[C@@H](Oc3cnccn3)CCO2)C1. The van der Waals surface area contributed by atoms with Crippen LogP contribution in [0.4, 0.5) is 0 Å². The van der Waals surface area contributed by atoms with E-state index in [1.165, 1.54) is 0 Å². The van der Waals surface area contributed by atoms with Crippen LogP contribution in [-0.4, -0.2) is 58.3 Å². The van der Waals surface area contributed by atoms with Crippen LogP contribution >= 0.6 is 0 Å². The third-order valence-electron chi connectivity index (χ3n) is 5.47. The van der Waals surface area contributed by atoms with Crippen LogP contribution in [0.2, 0.25) is 0 Å². The zero-order valence-electron chi connectivity index (χ0n) is 14.9. The average molecular weight is 367 g/mol. The average Bonchev–Trinajstić information content (AvgIpc) is 3.11. The molecule has 4 heterocycles. The summed E-state index contributed by atoms with van der Waals surface area (Å²) in [4.78, 5) is 22.8. The Labute approximate surface area is 157 Å². The summed E-state index contributed by atoms with van der Waals surface area (Å²) in [7, 11) is 0. The van der Waals surface area contributed by atoms with Crippen LogP contribution in [0, 0.1) is 0 Å². The van der Waals surface area contributed by atoms with Gasteiger partial charge in [-0.15, -0.1) is 0 Å². The minimum Gasteiger partial charge on any atom is -0.480 e. The Morgan fingerprint density at radius 2 is 2.15 bits per heavy atom. The maximum absolute atomic E-state index is 12.8. The molecule has 3 aliphatic heterocycles. The van der Waals surface area contributed by atoms with Gasteiger partial charge in [-0.1, -0.05) is 18.2 Å². The van der Waals surface area contributed by atoms with Crippen molar-refractivity contribution in [3.8, 4) is 11.6 Å². The van der Waals surface area contributed by atoms with E-state index in [-0.39, 0.29) is 17.6 Å². The van der Waals surface area contributed by atoms with Crippen molar-refractivity contribution >= 4 is 5.91 Å². The monoisotopic (exact) mass is 367 g/mol. The maximum atomic E-state index is 12.8. The van der Waals surface area contributed by atoms with Crippen LogP contribution in [0.15, 0.2) is 42.9 Å².